The normalized spacial score (nSPS) is 17.4. The molecule has 1 aliphatic heterocycles. The number of amides is 1. The lowest BCUT2D eigenvalue weighted by Gasteiger charge is -2.28. The third kappa shape index (κ3) is 1.98. The van der Waals surface area contributed by atoms with Crippen LogP contribution in [-0.2, 0) is 11.3 Å². The minimum atomic E-state index is -0.925. The summed E-state index contributed by atoms with van der Waals surface area (Å²) in [5, 5.41) is 9.34. The minimum Gasteiger partial charge on any atom is -0.480 e. The van der Waals surface area contributed by atoms with E-state index in [1.165, 1.54) is 4.90 Å². The monoisotopic (exact) mass is 247 g/mol. The molecule has 0 radical (unpaired) electrons. The summed E-state index contributed by atoms with van der Waals surface area (Å²) in [5.41, 5.74) is 1.55. The number of fused-ring (bicyclic) bond motifs is 1. The molecule has 0 fully saturated rings. The topological polar surface area (TPSA) is 57.6 Å². The van der Waals surface area contributed by atoms with Gasteiger partial charge in [-0.25, -0.2) is 4.79 Å². The summed E-state index contributed by atoms with van der Waals surface area (Å²) in [6.07, 6.45) is 0.733. The smallest absolute Gasteiger partial charge is 0.326 e. The van der Waals surface area contributed by atoms with E-state index in [0.717, 1.165) is 12.0 Å². The molecule has 2 atom stereocenters. The maximum atomic E-state index is 12.2. The molecule has 0 aliphatic carbocycles. The van der Waals surface area contributed by atoms with Crippen molar-refractivity contribution in [3.05, 3.63) is 35.4 Å². The number of benzene rings is 1. The second-order valence-electron chi connectivity index (χ2n) is 4.76. The zero-order valence-electron chi connectivity index (χ0n) is 10.6. The van der Waals surface area contributed by atoms with Crippen molar-refractivity contribution in [2.75, 3.05) is 0 Å². The molecule has 0 saturated carbocycles. The molecule has 0 spiro atoms. The summed E-state index contributed by atoms with van der Waals surface area (Å²) in [5.74, 6) is -1.15. The number of carbonyl (C=O) groups is 2. The number of aliphatic carboxylic acids is 1. The maximum absolute atomic E-state index is 12.2. The molecule has 1 amide bonds. The number of hydrogen-bond donors (Lipinski definition) is 1. The van der Waals surface area contributed by atoms with E-state index in [-0.39, 0.29) is 11.8 Å². The van der Waals surface area contributed by atoms with Crippen molar-refractivity contribution in [2.24, 2.45) is 5.92 Å². The Hall–Kier alpha value is -1.84. The van der Waals surface area contributed by atoms with Crippen molar-refractivity contribution in [1.29, 1.82) is 0 Å². The lowest BCUT2D eigenvalue weighted by atomic mass is 9.98. The molecular weight excluding hydrogens is 230 g/mol. The zero-order valence-corrected chi connectivity index (χ0v) is 10.6. The second kappa shape index (κ2) is 4.80. The Morgan fingerprint density at radius 1 is 1.44 bits per heavy atom. The lowest BCUT2D eigenvalue weighted by molar-refractivity contribution is -0.144. The van der Waals surface area contributed by atoms with Crippen LogP contribution in [0.15, 0.2) is 24.3 Å². The van der Waals surface area contributed by atoms with Crippen LogP contribution in [0.3, 0.4) is 0 Å². The van der Waals surface area contributed by atoms with Crippen molar-refractivity contribution in [3.63, 3.8) is 0 Å². The predicted octanol–water partition coefficient (Wildman–Crippen LogP) is 2.14. The van der Waals surface area contributed by atoms with E-state index >= 15 is 0 Å². The van der Waals surface area contributed by atoms with Gasteiger partial charge in [-0.1, -0.05) is 38.5 Å². The first kappa shape index (κ1) is 12.6. The van der Waals surface area contributed by atoms with Gasteiger partial charge in [-0.2, -0.15) is 0 Å². The summed E-state index contributed by atoms with van der Waals surface area (Å²) in [7, 11) is 0. The standard InChI is InChI=1S/C14H17NO3/c1-3-9(2)12(14(17)18)15-8-10-6-4-5-7-11(10)13(15)16/h4-7,9,12H,3,8H2,1-2H3,(H,17,18)/t9?,12-/m1/s1. The average molecular weight is 247 g/mol. The molecule has 4 heteroatoms. The van der Waals surface area contributed by atoms with Gasteiger partial charge in [-0.15, -0.1) is 0 Å². The van der Waals surface area contributed by atoms with Crippen LogP contribution in [0.4, 0.5) is 0 Å². The molecule has 2 rings (SSSR count). The molecule has 1 heterocycles. The molecular formula is C14H17NO3. The fraction of sp³-hybridized carbons (Fsp3) is 0.429. The molecule has 1 aliphatic rings. The van der Waals surface area contributed by atoms with E-state index in [9.17, 15) is 14.7 Å². The van der Waals surface area contributed by atoms with Gasteiger partial charge in [-0.3, -0.25) is 4.79 Å². The molecule has 0 bridgehead atoms. The molecule has 1 N–H and O–H groups in total. The van der Waals surface area contributed by atoms with Crippen LogP contribution in [0.2, 0.25) is 0 Å². The van der Waals surface area contributed by atoms with Gasteiger partial charge in [0.05, 0.1) is 0 Å². The van der Waals surface area contributed by atoms with Crippen LogP contribution < -0.4 is 0 Å². The Labute approximate surface area is 106 Å². The van der Waals surface area contributed by atoms with Crippen LogP contribution in [0.5, 0.6) is 0 Å². The van der Waals surface area contributed by atoms with E-state index in [4.69, 9.17) is 0 Å². The molecule has 0 saturated heterocycles. The number of carboxylic acids is 1. The Morgan fingerprint density at radius 2 is 2.11 bits per heavy atom. The van der Waals surface area contributed by atoms with E-state index in [0.29, 0.717) is 12.1 Å². The van der Waals surface area contributed by atoms with Crippen LogP contribution >= 0.6 is 0 Å². The highest BCUT2D eigenvalue weighted by Gasteiger charge is 2.38. The number of carboxylic acid groups (broad SMARTS) is 1. The predicted molar refractivity (Wildman–Crippen MR) is 67.2 cm³/mol. The van der Waals surface area contributed by atoms with Crippen LogP contribution in [-0.4, -0.2) is 27.9 Å². The number of rotatable bonds is 4. The summed E-state index contributed by atoms with van der Waals surface area (Å²) < 4.78 is 0. The van der Waals surface area contributed by atoms with Gasteiger partial charge in [0.2, 0.25) is 0 Å². The molecule has 0 aromatic heterocycles. The highest BCUT2D eigenvalue weighted by molar-refractivity contribution is 6.00. The summed E-state index contributed by atoms with van der Waals surface area (Å²) in [4.78, 5) is 25.1. The zero-order chi connectivity index (χ0) is 13.3. The Morgan fingerprint density at radius 3 is 2.67 bits per heavy atom. The van der Waals surface area contributed by atoms with Gasteiger partial charge in [0.1, 0.15) is 6.04 Å². The second-order valence-corrected chi connectivity index (χ2v) is 4.76. The summed E-state index contributed by atoms with van der Waals surface area (Å²) in [6, 6.07) is 6.57. The van der Waals surface area contributed by atoms with Gasteiger partial charge < -0.3 is 10.0 Å². The van der Waals surface area contributed by atoms with E-state index in [2.05, 4.69) is 0 Å². The first-order chi connectivity index (χ1) is 8.56. The Bertz CT molecular complexity index is 484. The maximum Gasteiger partial charge on any atom is 0.326 e. The van der Waals surface area contributed by atoms with Crippen LogP contribution in [0.25, 0.3) is 0 Å². The van der Waals surface area contributed by atoms with E-state index in [1.54, 1.807) is 12.1 Å². The third-order valence-corrected chi connectivity index (χ3v) is 3.62. The van der Waals surface area contributed by atoms with Gasteiger partial charge in [0.25, 0.3) is 5.91 Å². The average Bonchev–Trinajstić information content (AvgIpc) is 2.67. The first-order valence-electron chi connectivity index (χ1n) is 6.18. The lowest BCUT2D eigenvalue weighted by Crippen LogP contribution is -2.45. The highest BCUT2D eigenvalue weighted by atomic mass is 16.4. The van der Waals surface area contributed by atoms with Crippen LogP contribution in [0.1, 0.15) is 36.2 Å². The first-order valence-corrected chi connectivity index (χ1v) is 6.18. The minimum absolute atomic E-state index is 0.0548. The SMILES string of the molecule is CCC(C)[C@H](C(=O)O)N1Cc2ccccc2C1=O. The summed E-state index contributed by atoms with van der Waals surface area (Å²) in [6.45, 7) is 4.21. The quantitative estimate of drug-likeness (QED) is 0.886. The number of carbonyl (C=O) groups excluding carboxylic acids is 1. The van der Waals surface area contributed by atoms with E-state index < -0.39 is 12.0 Å². The molecule has 96 valence electrons. The Balaban J connectivity index is 2.31. The van der Waals surface area contributed by atoms with Crippen LogP contribution in [0, 0.1) is 5.92 Å². The van der Waals surface area contributed by atoms with Gasteiger partial charge in [-0.05, 0) is 17.5 Å². The van der Waals surface area contributed by atoms with E-state index in [1.807, 2.05) is 26.0 Å². The highest BCUT2D eigenvalue weighted by Crippen LogP contribution is 2.27. The molecule has 18 heavy (non-hydrogen) atoms. The molecule has 1 aromatic carbocycles. The fourth-order valence-corrected chi connectivity index (χ4v) is 2.41. The molecule has 1 aromatic rings. The molecule has 1 unspecified atom stereocenters. The number of nitrogens with zero attached hydrogens (tertiary/aromatic N) is 1. The fourth-order valence-electron chi connectivity index (χ4n) is 2.41. The third-order valence-electron chi connectivity index (χ3n) is 3.62. The molecule has 4 nitrogen and oxygen atoms in total. The van der Waals surface area contributed by atoms with Crippen molar-refractivity contribution in [1.82, 2.24) is 4.90 Å². The van der Waals surface area contributed by atoms with Crippen molar-refractivity contribution in [2.45, 2.75) is 32.9 Å². The van der Waals surface area contributed by atoms with Gasteiger partial charge in [0.15, 0.2) is 0 Å². The largest absolute Gasteiger partial charge is 0.480 e. The van der Waals surface area contributed by atoms with Crippen molar-refractivity contribution < 1.29 is 14.7 Å². The van der Waals surface area contributed by atoms with Crippen molar-refractivity contribution in [3.8, 4) is 0 Å². The van der Waals surface area contributed by atoms with Gasteiger partial charge >= 0.3 is 5.97 Å². The Kier molecular flexibility index (Phi) is 3.36. The van der Waals surface area contributed by atoms with Gasteiger partial charge in [0, 0.05) is 12.1 Å². The number of hydrogen-bond acceptors (Lipinski definition) is 2. The van der Waals surface area contributed by atoms with Crippen molar-refractivity contribution >= 4 is 11.9 Å². The summed E-state index contributed by atoms with van der Waals surface area (Å²) >= 11 is 0.